The number of sulfone groups is 1. The van der Waals surface area contributed by atoms with Crippen LogP contribution in [0.2, 0.25) is 0 Å². The van der Waals surface area contributed by atoms with Gasteiger partial charge in [-0.1, -0.05) is 29.8 Å². The van der Waals surface area contributed by atoms with E-state index < -0.39 is 31.8 Å². The zero-order valence-corrected chi connectivity index (χ0v) is 11.1. The van der Waals surface area contributed by atoms with Crippen molar-refractivity contribution in [2.75, 3.05) is 5.75 Å². The summed E-state index contributed by atoms with van der Waals surface area (Å²) in [6.45, 7) is 4.76. The van der Waals surface area contributed by atoms with Gasteiger partial charge in [-0.2, -0.15) is 13.2 Å². The molecular formula is C8H14BrF3O2S. The molecule has 0 aromatic rings. The van der Waals surface area contributed by atoms with Crippen molar-refractivity contribution in [1.82, 2.24) is 0 Å². The van der Waals surface area contributed by atoms with E-state index in [1.165, 1.54) is 6.92 Å². The molecule has 0 bridgehead atoms. The highest BCUT2D eigenvalue weighted by atomic mass is 79.9. The van der Waals surface area contributed by atoms with Crippen LogP contribution in [0.15, 0.2) is 0 Å². The predicted octanol–water partition coefficient (Wildman–Crippen LogP) is 2.77. The summed E-state index contributed by atoms with van der Waals surface area (Å²) >= 11 is 2.35. The maximum absolute atomic E-state index is 12.1. The molecule has 15 heavy (non-hydrogen) atoms. The van der Waals surface area contributed by atoms with E-state index in [9.17, 15) is 21.6 Å². The minimum Gasteiger partial charge on any atom is -0.229 e. The number of rotatable bonds is 4. The molecule has 0 saturated heterocycles. The van der Waals surface area contributed by atoms with E-state index in [-0.39, 0.29) is 5.92 Å². The van der Waals surface area contributed by atoms with Crippen LogP contribution in [0.25, 0.3) is 0 Å². The molecule has 2 atom stereocenters. The van der Waals surface area contributed by atoms with Gasteiger partial charge in [-0.05, 0) is 12.8 Å². The molecular weight excluding hydrogens is 297 g/mol. The molecule has 0 rings (SSSR count). The van der Waals surface area contributed by atoms with E-state index >= 15 is 0 Å². The van der Waals surface area contributed by atoms with Crippen molar-refractivity contribution in [3.8, 4) is 0 Å². The summed E-state index contributed by atoms with van der Waals surface area (Å²) < 4.78 is 59.4. The zero-order valence-electron chi connectivity index (χ0n) is 8.68. The van der Waals surface area contributed by atoms with Gasteiger partial charge in [-0.3, -0.25) is 0 Å². The topological polar surface area (TPSA) is 34.1 Å². The summed E-state index contributed by atoms with van der Waals surface area (Å²) in [5.41, 5.74) is 0. The Labute approximate surface area is 96.3 Å². The van der Waals surface area contributed by atoms with Gasteiger partial charge in [0.1, 0.15) is 4.83 Å². The summed E-state index contributed by atoms with van der Waals surface area (Å²) in [5.74, 6) is -1.10. The van der Waals surface area contributed by atoms with Gasteiger partial charge in [-0.15, -0.1) is 0 Å². The van der Waals surface area contributed by atoms with Crippen molar-refractivity contribution in [3.05, 3.63) is 0 Å². The standard InChI is InChI=1S/C8H14BrF3O2S/c1-5(2)6(3)15(13,14)4-7(9)8(10,11)12/h5-7H,4H2,1-3H3. The third-order valence-electron chi connectivity index (χ3n) is 2.24. The summed E-state index contributed by atoms with van der Waals surface area (Å²) in [7, 11) is -3.71. The van der Waals surface area contributed by atoms with Crippen LogP contribution in [-0.4, -0.2) is 30.4 Å². The number of halogens is 4. The van der Waals surface area contributed by atoms with Crippen LogP contribution < -0.4 is 0 Å². The lowest BCUT2D eigenvalue weighted by Crippen LogP contribution is -2.35. The van der Waals surface area contributed by atoms with Gasteiger partial charge in [0.15, 0.2) is 9.84 Å². The van der Waals surface area contributed by atoms with E-state index in [0.717, 1.165) is 0 Å². The molecule has 0 saturated carbocycles. The molecule has 0 aromatic carbocycles. The first-order chi connectivity index (χ1) is 6.48. The molecule has 2 unspecified atom stereocenters. The lowest BCUT2D eigenvalue weighted by molar-refractivity contribution is -0.123. The third-order valence-corrected chi connectivity index (χ3v) is 5.99. The third kappa shape index (κ3) is 4.72. The maximum atomic E-state index is 12.1. The average molecular weight is 311 g/mol. The lowest BCUT2D eigenvalue weighted by atomic mass is 10.2. The van der Waals surface area contributed by atoms with Crippen LogP contribution >= 0.6 is 15.9 Å². The highest BCUT2D eigenvalue weighted by Crippen LogP contribution is 2.29. The van der Waals surface area contributed by atoms with E-state index in [2.05, 4.69) is 15.9 Å². The van der Waals surface area contributed by atoms with Gasteiger partial charge in [0.25, 0.3) is 0 Å². The Kier molecular flexibility index (Phi) is 5.11. The maximum Gasteiger partial charge on any atom is 0.402 e. The summed E-state index contributed by atoms with van der Waals surface area (Å²) in [6.07, 6.45) is -4.52. The summed E-state index contributed by atoms with van der Waals surface area (Å²) in [4.78, 5) is -1.99. The van der Waals surface area contributed by atoms with Crippen LogP contribution in [0.3, 0.4) is 0 Å². The Morgan fingerprint density at radius 1 is 1.20 bits per heavy atom. The monoisotopic (exact) mass is 310 g/mol. The Bertz CT molecular complexity index is 297. The Morgan fingerprint density at radius 2 is 1.60 bits per heavy atom. The molecule has 0 N–H and O–H groups in total. The normalized spacial score (nSPS) is 17.9. The van der Waals surface area contributed by atoms with E-state index in [0.29, 0.717) is 0 Å². The van der Waals surface area contributed by atoms with Crippen molar-refractivity contribution < 1.29 is 21.6 Å². The average Bonchev–Trinajstić information content (AvgIpc) is 2.00. The molecule has 0 aliphatic heterocycles. The molecule has 0 radical (unpaired) electrons. The lowest BCUT2D eigenvalue weighted by Gasteiger charge is -2.20. The van der Waals surface area contributed by atoms with Crippen molar-refractivity contribution in [2.24, 2.45) is 5.92 Å². The van der Waals surface area contributed by atoms with E-state index in [1.54, 1.807) is 13.8 Å². The first kappa shape index (κ1) is 15.2. The predicted molar refractivity (Wildman–Crippen MR) is 56.9 cm³/mol. The molecule has 0 aliphatic carbocycles. The SMILES string of the molecule is CC(C)C(C)S(=O)(=O)CC(Br)C(F)(F)F. The largest absolute Gasteiger partial charge is 0.402 e. The molecule has 2 nitrogen and oxygen atoms in total. The van der Waals surface area contributed by atoms with Gasteiger partial charge < -0.3 is 0 Å². The molecule has 0 amide bonds. The van der Waals surface area contributed by atoms with Gasteiger partial charge in [0.2, 0.25) is 0 Å². The van der Waals surface area contributed by atoms with E-state index in [4.69, 9.17) is 0 Å². The molecule has 0 aromatic heterocycles. The van der Waals surface area contributed by atoms with Crippen molar-refractivity contribution in [3.63, 3.8) is 0 Å². The smallest absolute Gasteiger partial charge is 0.229 e. The molecule has 0 spiro atoms. The number of hydrogen-bond donors (Lipinski definition) is 0. The molecule has 7 heteroatoms. The van der Waals surface area contributed by atoms with Gasteiger partial charge >= 0.3 is 6.18 Å². The minimum absolute atomic E-state index is 0.192. The molecule has 92 valence electrons. The Balaban J connectivity index is 4.67. The Morgan fingerprint density at radius 3 is 1.87 bits per heavy atom. The fraction of sp³-hybridized carbons (Fsp3) is 1.00. The fourth-order valence-corrected chi connectivity index (χ4v) is 3.70. The van der Waals surface area contributed by atoms with E-state index in [1.807, 2.05) is 0 Å². The van der Waals surface area contributed by atoms with Crippen molar-refractivity contribution in [1.29, 1.82) is 0 Å². The van der Waals surface area contributed by atoms with Gasteiger partial charge in [-0.25, -0.2) is 8.42 Å². The highest BCUT2D eigenvalue weighted by Gasteiger charge is 2.41. The first-order valence-corrected chi connectivity index (χ1v) is 7.04. The summed E-state index contributed by atoms with van der Waals surface area (Å²) in [5, 5.41) is -0.764. The van der Waals surface area contributed by atoms with Crippen molar-refractivity contribution in [2.45, 2.75) is 37.0 Å². The Hall–Kier alpha value is 0.220. The first-order valence-electron chi connectivity index (χ1n) is 4.41. The molecule has 0 aliphatic rings. The number of alkyl halides is 4. The molecule has 0 fully saturated rings. The highest BCUT2D eigenvalue weighted by molar-refractivity contribution is 9.09. The van der Waals surface area contributed by atoms with Crippen LogP contribution in [0.4, 0.5) is 13.2 Å². The minimum atomic E-state index is -4.52. The summed E-state index contributed by atoms with van der Waals surface area (Å²) in [6, 6.07) is 0. The second-order valence-corrected chi connectivity index (χ2v) is 7.30. The zero-order chi connectivity index (χ0) is 12.4. The van der Waals surface area contributed by atoms with Crippen molar-refractivity contribution >= 4 is 25.8 Å². The van der Waals surface area contributed by atoms with Gasteiger partial charge in [0, 0.05) is 0 Å². The van der Waals surface area contributed by atoms with Crippen LogP contribution in [0, 0.1) is 5.92 Å². The second kappa shape index (κ2) is 5.03. The van der Waals surface area contributed by atoms with Crippen LogP contribution in [-0.2, 0) is 9.84 Å². The van der Waals surface area contributed by atoms with Gasteiger partial charge in [0.05, 0.1) is 11.0 Å². The molecule has 0 heterocycles. The number of hydrogen-bond acceptors (Lipinski definition) is 2. The quantitative estimate of drug-likeness (QED) is 0.748. The second-order valence-electron chi connectivity index (χ2n) is 3.79. The van der Waals surface area contributed by atoms with Crippen LogP contribution in [0.1, 0.15) is 20.8 Å². The fourth-order valence-electron chi connectivity index (χ4n) is 0.865. The van der Waals surface area contributed by atoms with Crippen LogP contribution in [0.5, 0.6) is 0 Å².